The van der Waals surface area contributed by atoms with Gasteiger partial charge in [0.2, 0.25) is 0 Å². The lowest BCUT2D eigenvalue weighted by Gasteiger charge is -2.03. The summed E-state index contributed by atoms with van der Waals surface area (Å²) in [4.78, 5) is 0. The van der Waals surface area contributed by atoms with E-state index in [-0.39, 0.29) is 0 Å². The van der Waals surface area contributed by atoms with Gasteiger partial charge in [-0.2, -0.15) is 0 Å². The largest absolute Gasteiger partial charge is 0.411 e. The second kappa shape index (κ2) is 19.5. The van der Waals surface area contributed by atoms with Crippen LogP contribution in [-0.2, 0) is 0 Å². The average Bonchev–Trinajstić information content (AvgIpc) is 2.50. The van der Waals surface area contributed by atoms with Crippen LogP contribution in [-0.4, -0.2) is 11.4 Å². The minimum absolute atomic E-state index is 0.926. The van der Waals surface area contributed by atoms with Crippen LogP contribution in [0.4, 0.5) is 0 Å². The van der Waals surface area contributed by atoms with Crippen LogP contribution in [0.1, 0.15) is 116 Å². The molecule has 0 aliphatic rings. The molecule has 0 aromatic heterocycles. The third-order valence-corrected chi connectivity index (χ3v) is 4.27. The van der Waals surface area contributed by atoms with Crippen LogP contribution in [0.3, 0.4) is 0 Å². The van der Waals surface area contributed by atoms with Crippen molar-refractivity contribution in [2.75, 3.05) is 0 Å². The fourth-order valence-electron chi connectivity index (χ4n) is 2.84. The Kier molecular flexibility index (Phi) is 19.0. The topological polar surface area (TPSA) is 32.6 Å². The Morgan fingerprint density at radius 2 is 0.905 bits per heavy atom. The van der Waals surface area contributed by atoms with Gasteiger partial charge >= 0.3 is 0 Å². The highest BCUT2D eigenvalue weighted by Crippen LogP contribution is 2.13. The van der Waals surface area contributed by atoms with E-state index < -0.39 is 0 Å². The summed E-state index contributed by atoms with van der Waals surface area (Å²) in [5.74, 6) is 0. The van der Waals surface area contributed by atoms with Crippen molar-refractivity contribution in [3.63, 3.8) is 0 Å². The number of unbranched alkanes of at least 4 members (excludes halogenated alkanes) is 16. The van der Waals surface area contributed by atoms with E-state index in [0.29, 0.717) is 0 Å². The summed E-state index contributed by atoms with van der Waals surface area (Å²) in [6, 6.07) is 0. The Balaban J connectivity index is 2.93. The van der Waals surface area contributed by atoms with Gasteiger partial charge in [-0.3, -0.25) is 0 Å². The molecule has 0 amide bonds. The molecule has 2 nitrogen and oxygen atoms in total. The molecule has 0 aliphatic carbocycles. The van der Waals surface area contributed by atoms with E-state index >= 15 is 0 Å². The molecular weight excluding hydrogens is 258 g/mol. The highest BCUT2D eigenvalue weighted by atomic mass is 16.4. The molecular formula is C19H39NO. The summed E-state index contributed by atoms with van der Waals surface area (Å²) < 4.78 is 0. The minimum Gasteiger partial charge on any atom is -0.411 e. The highest BCUT2D eigenvalue weighted by Gasteiger charge is 1.94. The molecule has 21 heavy (non-hydrogen) atoms. The van der Waals surface area contributed by atoms with Crippen molar-refractivity contribution in [2.24, 2.45) is 5.16 Å². The molecule has 126 valence electrons. The Morgan fingerprint density at radius 3 is 1.24 bits per heavy atom. The first-order valence-electron chi connectivity index (χ1n) is 9.57. The van der Waals surface area contributed by atoms with Gasteiger partial charge in [0.05, 0.1) is 0 Å². The van der Waals surface area contributed by atoms with Crippen LogP contribution in [0.25, 0.3) is 0 Å². The van der Waals surface area contributed by atoms with Crippen LogP contribution >= 0.6 is 0 Å². The molecule has 0 rings (SSSR count). The normalized spacial score (nSPS) is 11.5. The van der Waals surface area contributed by atoms with Crippen LogP contribution in [0.15, 0.2) is 5.16 Å². The maximum absolute atomic E-state index is 8.26. The predicted molar refractivity (Wildman–Crippen MR) is 94.4 cm³/mol. The number of oxime groups is 1. The maximum atomic E-state index is 8.26. The second-order valence-electron chi connectivity index (χ2n) is 6.39. The smallest absolute Gasteiger partial charge is 0.0435 e. The van der Waals surface area contributed by atoms with E-state index in [1.54, 1.807) is 6.21 Å². The Morgan fingerprint density at radius 1 is 0.571 bits per heavy atom. The van der Waals surface area contributed by atoms with Crippen LogP contribution in [0.5, 0.6) is 0 Å². The Bertz CT molecular complexity index is 204. The molecule has 0 bridgehead atoms. The van der Waals surface area contributed by atoms with Gasteiger partial charge in [0, 0.05) is 6.21 Å². The lowest BCUT2D eigenvalue weighted by molar-refractivity contribution is 0.320. The van der Waals surface area contributed by atoms with Gasteiger partial charge < -0.3 is 5.21 Å². The summed E-state index contributed by atoms with van der Waals surface area (Å²) in [6.07, 6.45) is 24.9. The molecule has 2 heteroatoms. The minimum atomic E-state index is 0.926. The van der Waals surface area contributed by atoms with Crippen LogP contribution in [0.2, 0.25) is 0 Å². The fourth-order valence-corrected chi connectivity index (χ4v) is 2.84. The molecule has 0 spiro atoms. The Labute approximate surface area is 133 Å². The lowest BCUT2D eigenvalue weighted by Crippen LogP contribution is -1.84. The molecule has 0 aromatic rings. The lowest BCUT2D eigenvalue weighted by atomic mass is 10.0. The monoisotopic (exact) mass is 297 g/mol. The summed E-state index contributed by atoms with van der Waals surface area (Å²) in [6.45, 7) is 2.28. The van der Waals surface area contributed by atoms with Gasteiger partial charge in [-0.05, 0) is 12.8 Å². The van der Waals surface area contributed by atoms with Gasteiger partial charge in [-0.25, -0.2) is 0 Å². The molecule has 1 N–H and O–H groups in total. The molecule has 0 aliphatic heterocycles. The van der Waals surface area contributed by atoms with Crippen molar-refractivity contribution in [3.05, 3.63) is 0 Å². The SMILES string of the molecule is CCCCCCCCCCCCCCCCCCC=NO. The molecule has 0 aromatic carbocycles. The molecule has 0 fully saturated rings. The van der Waals surface area contributed by atoms with E-state index in [0.717, 1.165) is 6.42 Å². The van der Waals surface area contributed by atoms with Gasteiger partial charge in [0.15, 0.2) is 0 Å². The first-order chi connectivity index (χ1) is 10.4. The van der Waals surface area contributed by atoms with Gasteiger partial charge in [0.1, 0.15) is 0 Å². The first-order valence-corrected chi connectivity index (χ1v) is 9.57. The number of hydrogen-bond acceptors (Lipinski definition) is 2. The second-order valence-corrected chi connectivity index (χ2v) is 6.39. The quantitative estimate of drug-likeness (QED) is 0.132. The summed E-state index contributed by atoms with van der Waals surface area (Å²) in [5.41, 5.74) is 0. The van der Waals surface area contributed by atoms with E-state index in [2.05, 4.69) is 12.1 Å². The van der Waals surface area contributed by atoms with E-state index in [1.165, 1.54) is 103 Å². The van der Waals surface area contributed by atoms with Gasteiger partial charge in [-0.15, -0.1) is 5.16 Å². The van der Waals surface area contributed by atoms with E-state index in [4.69, 9.17) is 5.21 Å². The zero-order valence-electron chi connectivity index (χ0n) is 14.5. The summed E-state index contributed by atoms with van der Waals surface area (Å²) in [5, 5.41) is 11.3. The van der Waals surface area contributed by atoms with Crippen molar-refractivity contribution in [1.29, 1.82) is 0 Å². The van der Waals surface area contributed by atoms with Crippen LogP contribution < -0.4 is 0 Å². The number of nitrogens with zero attached hydrogens (tertiary/aromatic N) is 1. The van der Waals surface area contributed by atoms with Crippen molar-refractivity contribution in [2.45, 2.75) is 116 Å². The molecule has 0 atom stereocenters. The predicted octanol–water partition coefficient (Wildman–Crippen LogP) is 7.10. The van der Waals surface area contributed by atoms with Gasteiger partial charge in [0.25, 0.3) is 0 Å². The van der Waals surface area contributed by atoms with Crippen molar-refractivity contribution < 1.29 is 5.21 Å². The molecule has 0 saturated heterocycles. The fraction of sp³-hybridized carbons (Fsp3) is 0.947. The third kappa shape index (κ3) is 19.5. The third-order valence-electron chi connectivity index (χ3n) is 4.27. The van der Waals surface area contributed by atoms with Crippen molar-refractivity contribution >= 4 is 6.21 Å². The number of rotatable bonds is 17. The zero-order valence-corrected chi connectivity index (χ0v) is 14.5. The molecule has 0 radical (unpaired) electrons. The molecule has 0 unspecified atom stereocenters. The van der Waals surface area contributed by atoms with Crippen LogP contribution in [0, 0.1) is 0 Å². The standard InChI is InChI=1S/C19H39NO/c1-2-3-4-5-6-7-8-9-10-11-12-13-14-15-16-17-18-19-20-21/h19,21H,2-18H2,1H3. The maximum Gasteiger partial charge on any atom is 0.0435 e. The van der Waals surface area contributed by atoms with Crippen molar-refractivity contribution in [1.82, 2.24) is 0 Å². The number of hydrogen-bond donors (Lipinski definition) is 1. The average molecular weight is 298 g/mol. The summed E-state index contributed by atoms with van der Waals surface area (Å²) in [7, 11) is 0. The van der Waals surface area contributed by atoms with E-state index in [1.807, 2.05) is 0 Å². The highest BCUT2D eigenvalue weighted by molar-refractivity contribution is 5.55. The first kappa shape index (κ1) is 20.5. The summed E-state index contributed by atoms with van der Waals surface area (Å²) >= 11 is 0. The molecule has 0 saturated carbocycles. The zero-order chi connectivity index (χ0) is 15.4. The molecule has 0 heterocycles. The van der Waals surface area contributed by atoms with Gasteiger partial charge in [-0.1, -0.05) is 103 Å². The Hall–Kier alpha value is -0.530. The van der Waals surface area contributed by atoms with Crippen molar-refractivity contribution in [3.8, 4) is 0 Å². The van der Waals surface area contributed by atoms with E-state index in [9.17, 15) is 0 Å².